The van der Waals surface area contributed by atoms with Crippen LogP contribution >= 0.6 is 0 Å². The standard InChI is InChI=1S/C16H19FN2O/c1-4-18-10-13-6-8-16(19-12(13)3)20-15-9-11(2)5-7-14(15)17/h5-9,18H,4,10H2,1-3H3. The summed E-state index contributed by atoms with van der Waals surface area (Å²) in [6.45, 7) is 7.55. The highest BCUT2D eigenvalue weighted by atomic mass is 19.1. The van der Waals surface area contributed by atoms with Crippen molar-refractivity contribution in [3.63, 3.8) is 0 Å². The molecule has 0 saturated carbocycles. The Bertz CT molecular complexity index is 599. The monoisotopic (exact) mass is 274 g/mol. The minimum atomic E-state index is -0.383. The van der Waals surface area contributed by atoms with Crippen LogP contribution in [0.5, 0.6) is 11.6 Å². The van der Waals surface area contributed by atoms with Crippen LogP contribution in [0.2, 0.25) is 0 Å². The van der Waals surface area contributed by atoms with Gasteiger partial charge in [-0.2, -0.15) is 0 Å². The van der Waals surface area contributed by atoms with Crippen molar-refractivity contribution in [1.82, 2.24) is 10.3 Å². The van der Waals surface area contributed by atoms with Crippen LogP contribution in [-0.2, 0) is 6.54 Å². The van der Waals surface area contributed by atoms with Gasteiger partial charge in [0.05, 0.1) is 0 Å². The van der Waals surface area contributed by atoms with Crippen molar-refractivity contribution in [3.05, 3.63) is 53.0 Å². The summed E-state index contributed by atoms with van der Waals surface area (Å²) in [7, 11) is 0. The molecule has 0 spiro atoms. The van der Waals surface area contributed by atoms with E-state index in [9.17, 15) is 4.39 Å². The van der Waals surface area contributed by atoms with E-state index in [0.717, 1.165) is 29.9 Å². The molecule has 4 heteroatoms. The highest BCUT2D eigenvalue weighted by Gasteiger charge is 2.07. The Morgan fingerprint density at radius 2 is 2.00 bits per heavy atom. The maximum absolute atomic E-state index is 13.6. The number of hydrogen-bond donors (Lipinski definition) is 1. The Morgan fingerprint density at radius 3 is 2.70 bits per heavy atom. The number of benzene rings is 1. The number of rotatable bonds is 5. The second kappa shape index (κ2) is 6.48. The van der Waals surface area contributed by atoms with Crippen LogP contribution in [0.15, 0.2) is 30.3 Å². The van der Waals surface area contributed by atoms with E-state index >= 15 is 0 Å². The fraction of sp³-hybridized carbons (Fsp3) is 0.312. The van der Waals surface area contributed by atoms with Gasteiger partial charge in [0.2, 0.25) is 5.88 Å². The van der Waals surface area contributed by atoms with Crippen molar-refractivity contribution < 1.29 is 9.13 Å². The Balaban J connectivity index is 2.17. The van der Waals surface area contributed by atoms with Gasteiger partial charge in [-0.25, -0.2) is 9.37 Å². The number of ether oxygens (including phenoxy) is 1. The van der Waals surface area contributed by atoms with Gasteiger partial charge < -0.3 is 10.1 Å². The molecule has 2 rings (SSSR count). The zero-order valence-corrected chi connectivity index (χ0v) is 12.0. The number of hydrogen-bond acceptors (Lipinski definition) is 3. The molecular formula is C16H19FN2O. The number of aromatic nitrogens is 1. The van der Waals surface area contributed by atoms with Crippen molar-refractivity contribution in [2.45, 2.75) is 27.3 Å². The van der Waals surface area contributed by atoms with Crippen LogP contribution in [0, 0.1) is 19.7 Å². The first-order valence-corrected chi connectivity index (χ1v) is 6.71. The minimum absolute atomic E-state index is 0.205. The number of aryl methyl sites for hydroxylation is 2. The van der Waals surface area contributed by atoms with Crippen LogP contribution in [0.1, 0.15) is 23.7 Å². The topological polar surface area (TPSA) is 34.1 Å². The van der Waals surface area contributed by atoms with E-state index in [0.29, 0.717) is 5.88 Å². The molecule has 0 aliphatic heterocycles. The maximum Gasteiger partial charge on any atom is 0.219 e. The van der Waals surface area contributed by atoms with Crippen molar-refractivity contribution in [3.8, 4) is 11.6 Å². The van der Waals surface area contributed by atoms with Crippen molar-refractivity contribution in [2.24, 2.45) is 0 Å². The second-order valence-electron chi connectivity index (χ2n) is 4.71. The van der Waals surface area contributed by atoms with E-state index in [2.05, 4.69) is 17.2 Å². The van der Waals surface area contributed by atoms with E-state index in [-0.39, 0.29) is 11.6 Å². The number of nitrogens with one attached hydrogen (secondary N) is 1. The summed E-state index contributed by atoms with van der Waals surface area (Å²) in [5.74, 6) is 0.232. The molecule has 1 aromatic carbocycles. The number of halogens is 1. The van der Waals surface area contributed by atoms with Gasteiger partial charge >= 0.3 is 0 Å². The molecule has 0 saturated heterocycles. The lowest BCUT2D eigenvalue weighted by atomic mass is 10.2. The van der Waals surface area contributed by atoms with Crippen molar-refractivity contribution >= 4 is 0 Å². The normalized spacial score (nSPS) is 10.6. The molecule has 1 heterocycles. The van der Waals surface area contributed by atoms with Gasteiger partial charge in [-0.05, 0) is 43.7 Å². The van der Waals surface area contributed by atoms with Gasteiger partial charge in [0.25, 0.3) is 0 Å². The molecule has 0 atom stereocenters. The van der Waals surface area contributed by atoms with Crippen LogP contribution in [0.25, 0.3) is 0 Å². The second-order valence-corrected chi connectivity index (χ2v) is 4.71. The first kappa shape index (κ1) is 14.5. The number of nitrogens with zero attached hydrogens (tertiary/aromatic N) is 1. The Morgan fingerprint density at radius 1 is 1.20 bits per heavy atom. The third-order valence-electron chi connectivity index (χ3n) is 3.04. The molecule has 0 bridgehead atoms. The maximum atomic E-state index is 13.6. The average Bonchev–Trinajstić information content (AvgIpc) is 2.42. The van der Waals surface area contributed by atoms with Crippen molar-refractivity contribution in [2.75, 3.05) is 6.54 Å². The predicted octanol–water partition coefficient (Wildman–Crippen LogP) is 3.74. The van der Waals surface area contributed by atoms with Crippen LogP contribution in [0.3, 0.4) is 0 Å². The van der Waals surface area contributed by atoms with Crippen molar-refractivity contribution in [1.29, 1.82) is 0 Å². The van der Waals surface area contributed by atoms with Crippen LogP contribution in [-0.4, -0.2) is 11.5 Å². The van der Waals surface area contributed by atoms with Crippen LogP contribution < -0.4 is 10.1 Å². The van der Waals surface area contributed by atoms with Gasteiger partial charge in [0, 0.05) is 18.3 Å². The van der Waals surface area contributed by atoms with Gasteiger partial charge in [-0.3, -0.25) is 0 Å². The molecule has 1 aromatic heterocycles. The summed E-state index contributed by atoms with van der Waals surface area (Å²) < 4.78 is 19.2. The summed E-state index contributed by atoms with van der Waals surface area (Å²) in [5.41, 5.74) is 2.95. The largest absolute Gasteiger partial charge is 0.436 e. The molecule has 1 N–H and O–H groups in total. The van der Waals surface area contributed by atoms with Gasteiger partial charge in [0.1, 0.15) is 0 Å². The van der Waals surface area contributed by atoms with E-state index in [1.807, 2.05) is 19.9 Å². The van der Waals surface area contributed by atoms with Gasteiger partial charge in [0.15, 0.2) is 11.6 Å². The molecule has 0 amide bonds. The summed E-state index contributed by atoms with van der Waals surface area (Å²) in [5, 5.41) is 3.25. The van der Waals surface area contributed by atoms with E-state index in [4.69, 9.17) is 4.74 Å². The predicted molar refractivity (Wildman–Crippen MR) is 77.6 cm³/mol. The lowest BCUT2D eigenvalue weighted by molar-refractivity contribution is 0.425. The molecule has 0 radical (unpaired) electrons. The third kappa shape index (κ3) is 3.54. The fourth-order valence-corrected chi connectivity index (χ4v) is 1.87. The molecule has 3 nitrogen and oxygen atoms in total. The smallest absolute Gasteiger partial charge is 0.219 e. The molecule has 0 fully saturated rings. The first-order chi connectivity index (χ1) is 9.60. The third-order valence-corrected chi connectivity index (χ3v) is 3.04. The average molecular weight is 274 g/mol. The summed E-state index contributed by atoms with van der Waals surface area (Å²) in [6.07, 6.45) is 0. The molecule has 0 aliphatic carbocycles. The molecule has 20 heavy (non-hydrogen) atoms. The van der Waals surface area contributed by atoms with Gasteiger partial charge in [-0.15, -0.1) is 0 Å². The van der Waals surface area contributed by atoms with E-state index in [1.165, 1.54) is 6.07 Å². The van der Waals surface area contributed by atoms with Crippen LogP contribution in [0.4, 0.5) is 4.39 Å². The zero-order valence-electron chi connectivity index (χ0n) is 12.0. The summed E-state index contributed by atoms with van der Waals surface area (Å²) in [6, 6.07) is 8.49. The minimum Gasteiger partial charge on any atom is -0.436 e. The molecule has 0 aliphatic rings. The zero-order chi connectivity index (χ0) is 14.5. The Hall–Kier alpha value is -1.94. The lowest BCUT2D eigenvalue weighted by Crippen LogP contribution is -2.13. The molecule has 106 valence electrons. The van der Waals surface area contributed by atoms with Gasteiger partial charge in [-0.1, -0.05) is 19.1 Å². The Labute approximate surface area is 118 Å². The molecule has 2 aromatic rings. The van der Waals surface area contributed by atoms with E-state index < -0.39 is 0 Å². The fourth-order valence-electron chi connectivity index (χ4n) is 1.87. The number of pyridine rings is 1. The first-order valence-electron chi connectivity index (χ1n) is 6.71. The SMILES string of the molecule is CCNCc1ccc(Oc2cc(C)ccc2F)nc1C. The quantitative estimate of drug-likeness (QED) is 0.902. The summed E-state index contributed by atoms with van der Waals surface area (Å²) in [4.78, 5) is 4.36. The Kier molecular flexibility index (Phi) is 4.69. The molecule has 0 unspecified atom stereocenters. The lowest BCUT2D eigenvalue weighted by Gasteiger charge is -2.10. The van der Waals surface area contributed by atoms with E-state index in [1.54, 1.807) is 18.2 Å². The molecular weight excluding hydrogens is 255 g/mol. The highest BCUT2D eigenvalue weighted by Crippen LogP contribution is 2.24. The highest BCUT2D eigenvalue weighted by molar-refractivity contribution is 5.34. The summed E-state index contributed by atoms with van der Waals surface area (Å²) >= 11 is 0.